The summed E-state index contributed by atoms with van der Waals surface area (Å²) < 4.78 is 8.87. The van der Waals surface area contributed by atoms with Crippen molar-refractivity contribution in [1.82, 2.24) is 19.9 Å². The van der Waals surface area contributed by atoms with E-state index in [1.807, 2.05) is 36.4 Å². The second-order valence-corrected chi connectivity index (χ2v) is 15.6. The van der Waals surface area contributed by atoms with Crippen molar-refractivity contribution >= 4 is 75.1 Å². The van der Waals surface area contributed by atoms with Crippen LogP contribution in [0.2, 0.25) is 0 Å². The maximum atomic E-state index is 6.42. The highest BCUT2D eigenvalue weighted by molar-refractivity contribution is 7.25. The lowest BCUT2D eigenvalue weighted by molar-refractivity contribution is 0.669. The summed E-state index contributed by atoms with van der Waals surface area (Å²) in [6, 6.07) is 63.2. The first-order valence-corrected chi connectivity index (χ1v) is 20.1. The van der Waals surface area contributed by atoms with Crippen molar-refractivity contribution in [2.24, 2.45) is 0 Å². The molecule has 0 aliphatic carbocycles. The molecule has 0 aliphatic rings. The van der Waals surface area contributed by atoms with Crippen molar-refractivity contribution in [2.75, 3.05) is 0 Å². The smallest absolute Gasteiger partial charge is 0.164 e. The first-order chi connectivity index (χ1) is 28.7. The van der Waals surface area contributed by atoms with Crippen LogP contribution in [0.5, 0.6) is 0 Å². The highest BCUT2D eigenvalue weighted by Gasteiger charge is 2.20. The van der Waals surface area contributed by atoms with Crippen LogP contribution in [0, 0.1) is 0 Å². The molecule has 0 unspecified atom stereocenters. The van der Waals surface area contributed by atoms with Crippen molar-refractivity contribution in [3.63, 3.8) is 0 Å². The number of para-hydroxylation sites is 1. The van der Waals surface area contributed by atoms with Gasteiger partial charge >= 0.3 is 0 Å². The average Bonchev–Trinajstić information content (AvgIpc) is 3.88. The van der Waals surface area contributed by atoms with E-state index >= 15 is 0 Å². The van der Waals surface area contributed by atoms with Crippen LogP contribution < -0.4 is 0 Å². The molecule has 0 atom stereocenters. The lowest BCUT2D eigenvalue weighted by Gasteiger charge is -2.13. The Morgan fingerprint density at radius 3 is 1.86 bits per heavy atom. The van der Waals surface area contributed by atoms with Crippen molar-refractivity contribution in [3.05, 3.63) is 182 Å². The third-order valence-corrected chi connectivity index (χ3v) is 12.2. The normalized spacial score (nSPS) is 11.8. The maximum absolute atomic E-state index is 6.42. The highest BCUT2D eigenvalue weighted by atomic mass is 32.1. The van der Waals surface area contributed by atoms with Crippen molar-refractivity contribution < 1.29 is 4.42 Å². The van der Waals surface area contributed by atoms with Crippen LogP contribution in [0.1, 0.15) is 0 Å². The minimum Gasteiger partial charge on any atom is -0.456 e. The molecule has 4 heterocycles. The van der Waals surface area contributed by atoms with Crippen LogP contribution in [-0.2, 0) is 0 Å². The maximum Gasteiger partial charge on any atom is 0.164 e. The van der Waals surface area contributed by atoms with Gasteiger partial charge in [-0.25, -0.2) is 19.9 Å². The van der Waals surface area contributed by atoms with Gasteiger partial charge in [0, 0.05) is 69.4 Å². The first-order valence-electron chi connectivity index (χ1n) is 19.3. The third-order valence-electron chi connectivity index (χ3n) is 11.1. The number of rotatable bonds is 5. The van der Waals surface area contributed by atoms with Gasteiger partial charge in [0.25, 0.3) is 0 Å². The Labute approximate surface area is 336 Å². The zero-order chi connectivity index (χ0) is 38.2. The molecule has 0 aliphatic heterocycles. The Morgan fingerprint density at radius 1 is 0.345 bits per heavy atom. The predicted octanol–water partition coefficient (Wildman–Crippen LogP) is 14.2. The lowest BCUT2D eigenvalue weighted by atomic mass is 9.94. The van der Waals surface area contributed by atoms with Gasteiger partial charge in [-0.2, -0.15) is 0 Å². The number of benzene rings is 8. The zero-order valence-electron chi connectivity index (χ0n) is 30.9. The minimum absolute atomic E-state index is 0.620. The number of nitrogens with zero attached hydrogens (tertiary/aromatic N) is 4. The Bertz CT molecular complexity index is 3570. The molecule has 0 fully saturated rings. The van der Waals surface area contributed by atoms with E-state index in [-0.39, 0.29) is 0 Å². The number of hydrogen-bond donors (Lipinski definition) is 0. The average molecular weight is 759 g/mol. The van der Waals surface area contributed by atoms with Crippen molar-refractivity contribution in [2.45, 2.75) is 0 Å². The SMILES string of the molecule is c1ccc(-c2nc(-c3cccc(-c4ccc5nc(-c6ccccc6)c6ccc7oc8ccccc8c7c6c5c4)c3)nc(-c3cccc4sc5ccccc5c34)n2)cc1. The molecule has 12 aromatic rings. The number of hydrogen-bond acceptors (Lipinski definition) is 6. The highest BCUT2D eigenvalue weighted by Crippen LogP contribution is 2.43. The summed E-state index contributed by atoms with van der Waals surface area (Å²) in [5.41, 5.74) is 9.65. The van der Waals surface area contributed by atoms with Crippen LogP contribution in [0.3, 0.4) is 0 Å². The summed E-state index contributed by atoms with van der Waals surface area (Å²) in [5, 5.41) is 7.85. The summed E-state index contributed by atoms with van der Waals surface area (Å²) in [5.74, 6) is 1.91. The monoisotopic (exact) mass is 758 g/mol. The van der Waals surface area contributed by atoms with Gasteiger partial charge in [-0.1, -0.05) is 133 Å². The predicted molar refractivity (Wildman–Crippen MR) is 240 cm³/mol. The van der Waals surface area contributed by atoms with E-state index in [1.54, 1.807) is 11.3 Å². The lowest BCUT2D eigenvalue weighted by Crippen LogP contribution is -2.00. The fraction of sp³-hybridized carbons (Fsp3) is 0. The number of fused-ring (bicyclic) bond motifs is 10. The fourth-order valence-electron chi connectivity index (χ4n) is 8.44. The second-order valence-electron chi connectivity index (χ2n) is 14.5. The molecular formula is C52H30N4OS. The summed E-state index contributed by atoms with van der Waals surface area (Å²) in [6.07, 6.45) is 0. The fourth-order valence-corrected chi connectivity index (χ4v) is 9.58. The molecular weight excluding hydrogens is 729 g/mol. The molecule has 5 nitrogen and oxygen atoms in total. The van der Waals surface area contributed by atoms with E-state index in [0.29, 0.717) is 17.5 Å². The van der Waals surface area contributed by atoms with E-state index in [9.17, 15) is 0 Å². The van der Waals surface area contributed by atoms with E-state index in [1.165, 1.54) is 20.2 Å². The van der Waals surface area contributed by atoms with Crippen LogP contribution >= 0.6 is 11.3 Å². The second kappa shape index (κ2) is 13.0. The topological polar surface area (TPSA) is 64.7 Å². The van der Waals surface area contributed by atoms with E-state index in [0.717, 1.165) is 82.7 Å². The molecule has 0 bridgehead atoms. The van der Waals surface area contributed by atoms with Gasteiger partial charge in [-0.15, -0.1) is 11.3 Å². The van der Waals surface area contributed by atoms with Gasteiger partial charge in [0.1, 0.15) is 11.2 Å². The molecule has 4 aromatic heterocycles. The molecule has 6 heteroatoms. The van der Waals surface area contributed by atoms with Gasteiger partial charge in [0.15, 0.2) is 17.5 Å². The van der Waals surface area contributed by atoms with Crippen LogP contribution in [0.15, 0.2) is 186 Å². The molecule has 0 saturated carbocycles. The summed E-state index contributed by atoms with van der Waals surface area (Å²) in [4.78, 5) is 20.7. The largest absolute Gasteiger partial charge is 0.456 e. The summed E-state index contributed by atoms with van der Waals surface area (Å²) >= 11 is 1.79. The number of furan rings is 1. The summed E-state index contributed by atoms with van der Waals surface area (Å²) in [7, 11) is 0. The van der Waals surface area contributed by atoms with Gasteiger partial charge in [0.05, 0.1) is 11.2 Å². The van der Waals surface area contributed by atoms with Gasteiger partial charge < -0.3 is 4.42 Å². The van der Waals surface area contributed by atoms with Gasteiger partial charge in [0.2, 0.25) is 0 Å². The standard InChI is InChI=1S/C52H30N4OS/c1-3-13-31(14-4-1)49-38-26-28-43-48(36-19-7-9-22-42(36)57-43)47(38)40-30-34(25-27-41(40)53-49)33-17-11-18-35(29-33)51-54-50(32-15-5-2-6-16-32)55-52(56-51)39-21-12-24-45-46(39)37-20-8-10-23-44(37)58-45/h1-30H. The number of thiophene rings is 1. The van der Waals surface area contributed by atoms with Crippen molar-refractivity contribution in [3.8, 4) is 56.5 Å². The van der Waals surface area contributed by atoms with Crippen LogP contribution in [0.4, 0.5) is 0 Å². The molecule has 0 saturated heterocycles. The Balaban J connectivity index is 1.06. The molecule has 270 valence electrons. The molecule has 0 spiro atoms. The van der Waals surface area contributed by atoms with Gasteiger partial charge in [-0.05, 0) is 59.7 Å². The van der Waals surface area contributed by atoms with Crippen molar-refractivity contribution in [1.29, 1.82) is 0 Å². The van der Waals surface area contributed by atoms with Crippen LogP contribution in [0.25, 0.3) is 120 Å². The van der Waals surface area contributed by atoms with E-state index in [4.69, 9.17) is 24.4 Å². The Kier molecular flexibility index (Phi) is 7.33. The Hall–Kier alpha value is -7.54. The van der Waals surface area contributed by atoms with E-state index in [2.05, 4.69) is 146 Å². The number of aromatic nitrogens is 4. The molecule has 58 heavy (non-hydrogen) atoms. The summed E-state index contributed by atoms with van der Waals surface area (Å²) in [6.45, 7) is 0. The molecule has 0 radical (unpaired) electrons. The number of pyridine rings is 1. The third kappa shape index (κ3) is 5.23. The van der Waals surface area contributed by atoms with E-state index < -0.39 is 0 Å². The molecule has 0 amide bonds. The van der Waals surface area contributed by atoms with Crippen LogP contribution in [-0.4, -0.2) is 19.9 Å². The molecule has 12 rings (SSSR count). The first kappa shape index (κ1) is 32.7. The quantitative estimate of drug-likeness (QED) is 0.164. The minimum atomic E-state index is 0.620. The zero-order valence-corrected chi connectivity index (χ0v) is 31.7. The molecule has 8 aromatic carbocycles. The van der Waals surface area contributed by atoms with Gasteiger partial charge in [-0.3, -0.25) is 0 Å². The molecule has 0 N–H and O–H groups in total. The Morgan fingerprint density at radius 2 is 1.00 bits per heavy atom.